The fourth-order valence-corrected chi connectivity index (χ4v) is 6.29. The number of aliphatic imine (C=N–C) groups is 2. The van der Waals surface area contributed by atoms with Gasteiger partial charge >= 0.3 is 11.9 Å². The van der Waals surface area contributed by atoms with Gasteiger partial charge in [0.05, 0.1) is 25.6 Å². The summed E-state index contributed by atoms with van der Waals surface area (Å²) in [6.07, 6.45) is -1.62. The van der Waals surface area contributed by atoms with E-state index >= 15 is 0 Å². The van der Waals surface area contributed by atoms with Gasteiger partial charge in [0.15, 0.2) is 11.9 Å². The Balaban J connectivity index is 6.41. The van der Waals surface area contributed by atoms with Crippen molar-refractivity contribution >= 4 is 71.1 Å². The highest BCUT2D eigenvalue weighted by Gasteiger charge is 2.37. The van der Waals surface area contributed by atoms with Crippen LogP contribution in [0.1, 0.15) is 93.4 Å². The number of aliphatic hydroxyl groups excluding tert-OH is 1. The molecule has 21 N–H and O–H groups in total. The van der Waals surface area contributed by atoms with Crippen LogP contribution >= 0.6 is 0 Å². The highest BCUT2D eigenvalue weighted by molar-refractivity contribution is 5.98. The van der Waals surface area contributed by atoms with Crippen LogP contribution in [0, 0.1) is 17.8 Å². The summed E-state index contributed by atoms with van der Waals surface area (Å²) in [7, 11) is 0. The normalized spacial score (nSPS) is 15.3. The lowest BCUT2D eigenvalue weighted by Crippen LogP contribution is -2.63. The Bertz CT molecular complexity index is 1820. The van der Waals surface area contributed by atoms with E-state index in [1.165, 1.54) is 6.92 Å². The number of amides is 8. The summed E-state index contributed by atoms with van der Waals surface area (Å²) < 4.78 is 0. The average molecular weight is 986 g/mol. The van der Waals surface area contributed by atoms with Crippen molar-refractivity contribution in [2.75, 3.05) is 26.2 Å². The first kappa shape index (κ1) is 62.2. The largest absolute Gasteiger partial charge is 0.481 e. The first-order chi connectivity index (χ1) is 32.2. The molecule has 10 atom stereocenters. The van der Waals surface area contributed by atoms with Gasteiger partial charge in [-0.1, -0.05) is 54.4 Å². The molecule has 0 spiro atoms. The summed E-state index contributed by atoms with van der Waals surface area (Å²) >= 11 is 0. The summed E-state index contributed by atoms with van der Waals surface area (Å²) in [4.78, 5) is 137. The second-order valence-corrected chi connectivity index (χ2v) is 16.8. The van der Waals surface area contributed by atoms with E-state index in [0.29, 0.717) is 12.8 Å². The molecule has 0 aromatic carbocycles. The summed E-state index contributed by atoms with van der Waals surface area (Å²) in [6.45, 7) is 9.88. The fourth-order valence-electron chi connectivity index (χ4n) is 6.29. The van der Waals surface area contributed by atoms with E-state index in [0.717, 1.165) is 0 Å². The van der Waals surface area contributed by atoms with Crippen LogP contribution in [0.15, 0.2) is 9.98 Å². The van der Waals surface area contributed by atoms with Gasteiger partial charge in [-0.25, -0.2) is 4.79 Å². The number of aliphatic hydroxyl groups is 1. The van der Waals surface area contributed by atoms with E-state index < -0.39 is 145 Å². The predicted octanol–water partition coefficient (Wildman–Crippen LogP) is -5.75. The van der Waals surface area contributed by atoms with E-state index in [1.54, 1.807) is 41.5 Å². The Morgan fingerprint density at radius 2 is 0.957 bits per heavy atom. The molecule has 28 nitrogen and oxygen atoms in total. The molecule has 69 heavy (non-hydrogen) atoms. The van der Waals surface area contributed by atoms with Gasteiger partial charge in [-0.05, 0) is 50.4 Å². The Kier molecular flexibility index (Phi) is 28.8. The Morgan fingerprint density at radius 3 is 1.39 bits per heavy atom. The molecule has 0 aliphatic heterocycles. The molecule has 0 aromatic heterocycles. The van der Waals surface area contributed by atoms with Crippen LogP contribution in [0.25, 0.3) is 0 Å². The van der Waals surface area contributed by atoms with Gasteiger partial charge in [0.25, 0.3) is 0 Å². The molecule has 0 radical (unpaired) electrons. The van der Waals surface area contributed by atoms with E-state index in [9.17, 15) is 58.2 Å². The third kappa shape index (κ3) is 24.1. The summed E-state index contributed by atoms with van der Waals surface area (Å²) in [5.74, 6) is -12.2. The number of aliphatic carboxylic acids is 2. The Morgan fingerprint density at radius 1 is 0.522 bits per heavy atom. The van der Waals surface area contributed by atoms with E-state index in [-0.39, 0.29) is 50.7 Å². The molecule has 0 aliphatic rings. The van der Waals surface area contributed by atoms with Crippen LogP contribution in [0.5, 0.6) is 0 Å². The van der Waals surface area contributed by atoms with Gasteiger partial charge < -0.3 is 86.5 Å². The van der Waals surface area contributed by atoms with Gasteiger partial charge in [0.1, 0.15) is 42.3 Å². The van der Waals surface area contributed by atoms with Crippen LogP contribution in [0.3, 0.4) is 0 Å². The topological polar surface area (TPSA) is 482 Å². The minimum Gasteiger partial charge on any atom is -0.481 e. The number of carboxylic acids is 2. The van der Waals surface area contributed by atoms with Gasteiger partial charge in [0, 0.05) is 13.1 Å². The van der Waals surface area contributed by atoms with Crippen molar-refractivity contribution in [3.8, 4) is 0 Å². The maximum atomic E-state index is 14.0. The highest BCUT2D eigenvalue weighted by atomic mass is 16.4. The minimum absolute atomic E-state index is 0.0128. The number of rotatable bonds is 33. The lowest BCUT2D eigenvalue weighted by atomic mass is 9.95. The smallest absolute Gasteiger partial charge is 0.326 e. The Labute approximate surface area is 400 Å². The molecule has 0 aliphatic carbocycles. The second kappa shape index (κ2) is 32.0. The molecule has 28 heteroatoms. The number of carbonyl (C=O) groups is 10. The molecule has 8 amide bonds. The molecule has 0 saturated carbocycles. The molecule has 0 bridgehead atoms. The maximum Gasteiger partial charge on any atom is 0.326 e. The summed E-state index contributed by atoms with van der Waals surface area (Å²) in [5, 5.41) is 49.1. The molecular formula is C41H75N15O13. The van der Waals surface area contributed by atoms with E-state index in [2.05, 4.69) is 52.5 Å². The minimum atomic E-state index is -1.73. The monoisotopic (exact) mass is 986 g/mol. The van der Waals surface area contributed by atoms with E-state index in [1.807, 2.05) is 0 Å². The number of hydrogen-bond donors (Lipinski definition) is 16. The fraction of sp³-hybridized carbons (Fsp3) is 0.707. The van der Waals surface area contributed by atoms with Crippen molar-refractivity contribution < 1.29 is 63.3 Å². The summed E-state index contributed by atoms with van der Waals surface area (Å²) in [6, 6.07) is -10.1. The van der Waals surface area contributed by atoms with E-state index in [4.69, 9.17) is 33.8 Å². The van der Waals surface area contributed by atoms with Crippen LogP contribution < -0.4 is 71.2 Å². The maximum absolute atomic E-state index is 14.0. The van der Waals surface area contributed by atoms with Gasteiger partial charge in [-0.3, -0.25) is 53.1 Å². The van der Waals surface area contributed by atoms with Crippen molar-refractivity contribution in [2.45, 2.75) is 142 Å². The molecular weight excluding hydrogens is 911 g/mol. The lowest BCUT2D eigenvalue weighted by Gasteiger charge is -2.31. The van der Waals surface area contributed by atoms with Crippen LogP contribution in [0.4, 0.5) is 0 Å². The number of nitrogens with two attached hydrogens (primary N) is 5. The Hall–Kier alpha value is -6.84. The summed E-state index contributed by atoms with van der Waals surface area (Å²) in [5.41, 5.74) is 26.8. The third-order valence-electron chi connectivity index (χ3n) is 10.7. The molecule has 392 valence electrons. The number of guanidine groups is 2. The molecule has 0 heterocycles. The van der Waals surface area contributed by atoms with Crippen molar-refractivity contribution in [2.24, 2.45) is 56.4 Å². The van der Waals surface area contributed by atoms with Gasteiger partial charge in [0.2, 0.25) is 47.3 Å². The third-order valence-corrected chi connectivity index (χ3v) is 10.7. The zero-order valence-electron chi connectivity index (χ0n) is 40.3. The zero-order chi connectivity index (χ0) is 53.1. The molecule has 0 saturated heterocycles. The zero-order valence-corrected chi connectivity index (χ0v) is 40.3. The number of hydrogen-bond acceptors (Lipinski definition) is 14. The van der Waals surface area contributed by atoms with Crippen LogP contribution in [0.2, 0.25) is 0 Å². The van der Waals surface area contributed by atoms with Crippen molar-refractivity contribution in [1.29, 1.82) is 0 Å². The number of carboxylic acid groups (broad SMARTS) is 2. The first-order valence-electron chi connectivity index (χ1n) is 22.5. The standard InChI is InChI=1S/C41H75N15O13/c1-8-20(5)30(36(65)52-24(39(68)69)13-11-15-48-41(45)46)54-34(63)23(12-10-14-47-40(43)44)51-38(67)32(22(7)57)56-37(66)31(21(6)9-2)55-35(64)29(19(3)4)53-27(59)18-49-33(62)25(16-28(60)61)50-26(58)17-42/h19-25,29-32,57H,8-18,42H2,1-7H3,(H,49,62)(H,50,58)(H,51,67)(H,52,65)(H,53,59)(H,54,63)(H,55,64)(H,56,66)(H,60,61)(H,68,69)(H4,43,44,47)(H4,45,46,48)/t20-,21-,22+,23-,24-,25-,29-,30-,31+,32-/m0/s1. The average Bonchev–Trinajstić information content (AvgIpc) is 3.27. The molecule has 0 aromatic rings. The van der Waals surface area contributed by atoms with Crippen LogP contribution in [-0.4, -0.2) is 161 Å². The van der Waals surface area contributed by atoms with Crippen LogP contribution in [-0.2, 0) is 47.9 Å². The lowest BCUT2D eigenvalue weighted by molar-refractivity contribution is -0.143. The quantitative estimate of drug-likeness (QED) is 0.0165. The molecule has 0 fully saturated rings. The molecule has 0 rings (SSSR count). The second-order valence-electron chi connectivity index (χ2n) is 16.8. The number of nitrogens with zero attached hydrogens (tertiary/aromatic N) is 2. The first-order valence-corrected chi connectivity index (χ1v) is 22.5. The van der Waals surface area contributed by atoms with Gasteiger partial charge in [-0.2, -0.15) is 0 Å². The number of carbonyl (C=O) groups excluding carboxylic acids is 8. The van der Waals surface area contributed by atoms with Crippen molar-refractivity contribution in [1.82, 2.24) is 42.5 Å². The SMILES string of the molecule is CC[C@H](C)[C@H](NC(=O)[C@H](CCCN=C(N)N)NC(=O)[C@@H](NC(=O)[C@H](NC(=O)[C@@H](NC(=O)CNC(=O)[C@H](CC(=O)O)NC(=O)CN)C(C)C)[C@@H](C)CC)[C@@H](C)O)C(=O)N[C@@H](CCCN=C(N)N)C(=O)O. The van der Waals surface area contributed by atoms with Crippen molar-refractivity contribution in [3.63, 3.8) is 0 Å². The highest BCUT2D eigenvalue weighted by Crippen LogP contribution is 2.14. The van der Waals surface area contributed by atoms with Gasteiger partial charge in [-0.15, -0.1) is 0 Å². The number of nitrogens with one attached hydrogen (secondary N) is 8. The predicted molar refractivity (Wildman–Crippen MR) is 251 cm³/mol. The van der Waals surface area contributed by atoms with Crippen molar-refractivity contribution in [3.05, 3.63) is 0 Å². The molecule has 0 unspecified atom stereocenters.